The highest BCUT2D eigenvalue weighted by Crippen LogP contribution is 2.41. The average molecular weight is 372 g/mol. The zero-order chi connectivity index (χ0) is 18.7. The second-order valence-electron chi connectivity index (χ2n) is 7.25. The van der Waals surface area contributed by atoms with E-state index in [2.05, 4.69) is 5.32 Å². The van der Waals surface area contributed by atoms with E-state index in [4.69, 9.17) is 0 Å². The Labute approximate surface area is 155 Å². The molecule has 0 aliphatic heterocycles. The molecule has 1 saturated carbocycles. The molecule has 3 rings (SSSR count). The number of nitrogens with one attached hydrogen (secondary N) is 1. The molecule has 138 valence electrons. The van der Waals surface area contributed by atoms with E-state index in [1.54, 1.807) is 6.07 Å². The Kier molecular flexibility index (Phi) is 5.47. The average Bonchev–Trinajstić information content (AvgIpc) is 3.40. The number of aryl methyl sites for hydroxylation is 2. The standard InChI is InChI=1S/C21H25NO3S/c1-15-7-9-17(10-8-15)21(18-11-12-18)22-20(23)14-26(24,25)13-19-6-4-3-5-16(19)2/h3-10,18,21H,11-14H2,1-2H3,(H,22,23). The summed E-state index contributed by atoms with van der Waals surface area (Å²) >= 11 is 0. The molecule has 5 heteroatoms. The molecule has 0 saturated heterocycles. The van der Waals surface area contributed by atoms with Gasteiger partial charge in [-0.3, -0.25) is 4.79 Å². The Morgan fingerprint density at radius 1 is 1.08 bits per heavy atom. The summed E-state index contributed by atoms with van der Waals surface area (Å²) in [5, 5.41) is 2.95. The lowest BCUT2D eigenvalue weighted by Gasteiger charge is -2.19. The number of carbonyl (C=O) groups is 1. The first-order valence-electron chi connectivity index (χ1n) is 8.95. The molecule has 0 spiro atoms. The Bertz CT molecular complexity index is 884. The van der Waals surface area contributed by atoms with Gasteiger partial charge >= 0.3 is 0 Å². The molecule has 26 heavy (non-hydrogen) atoms. The van der Waals surface area contributed by atoms with Crippen LogP contribution in [0.5, 0.6) is 0 Å². The van der Waals surface area contributed by atoms with Gasteiger partial charge in [-0.05, 0) is 49.3 Å². The first-order chi connectivity index (χ1) is 12.3. The van der Waals surface area contributed by atoms with Crippen LogP contribution in [0.3, 0.4) is 0 Å². The van der Waals surface area contributed by atoms with E-state index in [9.17, 15) is 13.2 Å². The maximum Gasteiger partial charge on any atom is 0.235 e. The summed E-state index contributed by atoms with van der Waals surface area (Å²) in [4.78, 5) is 12.4. The summed E-state index contributed by atoms with van der Waals surface area (Å²) in [6, 6.07) is 15.3. The Morgan fingerprint density at radius 3 is 2.35 bits per heavy atom. The molecule has 1 aliphatic carbocycles. The van der Waals surface area contributed by atoms with Gasteiger partial charge in [0, 0.05) is 0 Å². The summed E-state index contributed by atoms with van der Waals surface area (Å²) in [5.41, 5.74) is 3.88. The van der Waals surface area contributed by atoms with Gasteiger partial charge in [0.25, 0.3) is 0 Å². The molecule has 1 fully saturated rings. The minimum absolute atomic E-state index is 0.100. The predicted molar refractivity (Wildman–Crippen MR) is 103 cm³/mol. The van der Waals surface area contributed by atoms with Gasteiger partial charge in [0.15, 0.2) is 9.84 Å². The SMILES string of the molecule is Cc1ccc(C(NC(=O)CS(=O)(=O)Cc2ccccc2C)C2CC2)cc1. The van der Waals surface area contributed by atoms with Crippen LogP contribution in [-0.4, -0.2) is 20.1 Å². The minimum atomic E-state index is -3.51. The van der Waals surface area contributed by atoms with Crippen LogP contribution in [0.2, 0.25) is 0 Å². The highest BCUT2D eigenvalue weighted by molar-refractivity contribution is 7.91. The zero-order valence-corrected chi connectivity index (χ0v) is 16.1. The van der Waals surface area contributed by atoms with Gasteiger partial charge in [0.1, 0.15) is 5.75 Å². The van der Waals surface area contributed by atoms with Crippen LogP contribution in [0.15, 0.2) is 48.5 Å². The molecule has 2 aromatic rings. The van der Waals surface area contributed by atoms with Gasteiger partial charge in [0.2, 0.25) is 5.91 Å². The van der Waals surface area contributed by atoms with Crippen LogP contribution in [-0.2, 0) is 20.4 Å². The van der Waals surface area contributed by atoms with E-state index in [-0.39, 0.29) is 11.8 Å². The third kappa shape index (κ3) is 4.94. The number of hydrogen-bond donors (Lipinski definition) is 1. The lowest BCUT2D eigenvalue weighted by Crippen LogP contribution is -2.35. The molecule has 1 aliphatic rings. The predicted octanol–water partition coefficient (Wildman–Crippen LogP) is 3.49. The fourth-order valence-corrected chi connectivity index (χ4v) is 4.53. The van der Waals surface area contributed by atoms with Crippen molar-refractivity contribution in [3.63, 3.8) is 0 Å². The van der Waals surface area contributed by atoms with Crippen LogP contribution in [0.4, 0.5) is 0 Å². The molecule has 0 bridgehead atoms. The van der Waals surface area contributed by atoms with Crippen molar-refractivity contribution >= 4 is 15.7 Å². The van der Waals surface area contributed by atoms with Crippen molar-refractivity contribution in [3.8, 4) is 0 Å². The smallest absolute Gasteiger partial charge is 0.235 e. The molecule has 1 amide bonds. The molecular formula is C21H25NO3S. The summed E-state index contributed by atoms with van der Waals surface area (Å²) in [5.74, 6) is -0.598. The van der Waals surface area contributed by atoms with Crippen LogP contribution < -0.4 is 5.32 Å². The lowest BCUT2D eigenvalue weighted by atomic mass is 10.0. The first-order valence-corrected chi connectivity index (χ1v) is 10.8. The normalized spacial score (nSPS) is 15.5. The van der Waals surface area contributed by atoms with E-state index >= 15 is 0 Å². The number of rotatable bonds is 7. The second kappa shape index (κ2) is 7.62. The number of benzene rings is 2. The number of sulfone groups is 1. The van der Waals surface area contributed by atoms with Crippen molar-refractivity contribution in [2.24, 2.45) is 5.92 Å². The summed E-state index contributed by atoms with van der Waals surface area (Å²) in [7, 11) is -3.51. The Morgan fingerprint density at radius 2 is 1.73 bits per heavy atom. The lowest BCUT2D eigenvalue weighted by molar-refractivity contribution is -0.119. The molecule has 2 aromatic carbocycles. The Balaban J connectivity index is 1.66. The third-order valence-corrected chi connectivity index (χ3v) is 6.29. The van der Waals surface area contributed by atoms with Crippen LogP contribution in [0, 0.1) is 19.8 Å². The highest BCUT2D eigenvalue weighted by Gasteiger charge is 2.34. The summed E-state index contributed by atoms with van der Waals surface area (Å²) in [6.07, 6.45) is 2.13. The first kappa shape index (κ1) is 18.6. The summed E-state index contributed by atoms with van der Waals surface area (Å²) < 4.78 is 24.9. The molecule has 1 atom stereocenters. The van der Waals surface area contributed by atoms with Gasteiger partial charge in [-0.25, -0.2) is 8.42 Å². The fraction of sp³-hybridized carbons (Fsp3) is 0.381. The van der Waals surface area contributed by atoms with Gasteiger partial charge < -0.3 is 5.32 Å². The molecule has 0 radical (unpaired) electrons. The quantitative estimate of drug-likeness (QED) is 0.810. The van der Waals surface area contributed by atoms with Crippen LogP contribution >= 0.6 is 0 Å². The van der Waals surface area contributed by atoms with E-state index in [1.807, 2.05) is 56.3 Å². The van der Waals surface area contributed by atoms with Crippen molar-refractivity contribution in [2.75, 3.05) is 5.75 Å². The van der Waals surface area contributed by atoms with Crippen LogP contribution in [0.1, 0.15) is 41.1 Å². The van der Waals surface area contributed by atoms with E-state index in [1.165, 1.54) is 0 Å². The Hall–Kier alpha value is -2.14. The highest BCUT2D eigenvalue weighted by atomic mass is 32.2. The molecule has 1 unspecified atom stereocenters. The molecule has 4 nitrogen and oxygen atoms in total. The topological polar surface area (TPSA) is 63.2 Å². The molecule has 0 heterocycles. The maximum absolute atomic E-state index is 12.4. The van der Waals surface area contributed by atoms with Crippen molar-refractivity contribution < 1.29 is 13.2 Å². The van der Waals surface area contributed by atoms with Crippen molar-refractivity contribution in [1.29, 1.82) is 0 Å². The fourth-order valence-electron chi connectivity index (χ4n) is 3.15. The summed E-state index contributed by atoms with van der Waals surface area (Å²) in [6.45, 7) is 3.90. The molecule has 0 aromatic heterocycles. The van der Waals surface area contributed by atoms with Gasteiger partial charge in [-0.15, -0.1) is 0 Å². The van der Waals surface area contributed by atoms with Crippen molar-refractivity contribution in [2.45, 2.75) is 38.5 Å². The molecular weight excluding hydrogens is 346 g/mol. The number of hydrogen-bond acceptors (Lipinski definition) is 3. The van der Waals surface area contributed by atoms with E-state index in [0.29, 0.717) is 5.92 Å². The van der Waals surface area contributed by atoms with Gasteiger partial charge in [-0.2, -0.15) is 0 Å². The van der Waals surface area contributed by atoms with Gasteiger partial charge in [-0.1, -0.05) is 54.1 Å². The van der Waals surface area contributed by atoms with Crippen molar-refractivity contribution in [1.82, 2.24) is 5.32 Å². The molecule has 1 N–H and O–H groups in total. The number of carbonyl (C=O) groups excluding carboxylic acids is 1. The number of amides is 1. The second-order valence-corrected chi connectivity index (χ2v) is 9.32. The maximum atomic E-state index is 12.4. The largest absolute Gasteiger partial charge is 0.348 e. The minimum Gasteiger partial charge on any atom is -0.348 e. The monoisotopic (exact) mass is 371 g/mol. The third-order valence-electron chi connectivity index (χ3n) is 4.83. The van der Waals surface area contributed by atoms with Crippen LogP contribution in [0.25, 0.3) is 0 Å². The van der Waals surface area contributed by atoms with E-state index < -0.39 is 21.5 Å². The van der Waals surface area contributed by atoms with Crippen molar-refractivity contribution in [3.05, 3.63) is 70.8 Å². The van der Waals surface area contributed by atoms with Gasteiger partial charge in [0.05, 0.1) is 11.8 Å². The van der Waals surface area contributed by atoms with E-state index in [0.717, 1.165) is 35.1 Å². The zero-order valence-electron chi connectivity index (χ0n) is 15.2.